The fourth-order valence-electron chi connectivity index (χ4n) is 0.870. The summed E-state index contributed by atoms with van der Waals surface area (Å²) in [5.74, 6) is -7.69. The van der Waals surface area contributed by atoms with Crippen molar-refractivity contribution < 1.29 is 26.7 Å². The Morgan fingerprint density at radius 2 is 1.67 bits per heavy atom. The van der Waals surface area contributed by atoms with Gasteiger partial charge in [-0.3, -0.25) is 4.79 Å². The molecule has 0 spiro atoms. The Morgan fingerprint density at radius 1 is 1.13 bits per heavy atom. The van der Waals surface area contributed by atoms with Crippen LogP contribution in [0.5, 0.6) is 0 Å². The molecule has 82 valence electrons. The van der Waals surface area contributed by atoms with Gasteiger partial charge in [-0.05, 0) is 6.07 Å². The average molecular weight is 245 g/mol. The molecule has 1 aromatic carbocycles. The van der Waals surface area contributed by atoms with Crippen LogP contribution in [0.2, 0.25) is 5.02 Å². The van der Waals surface area contributed by atoms with Gasteiger partial charge in [0.25, 0.3) is 0 Å². The van der Waals surface area contributed by atoms with E-state index in [0.29, 0.717) is 6.07 Å². The van der Waals surface area contributed by atoms with Crippen LogP contribution in [0.4, 0.5) is 22.0 Å². The molecule has 0 atom stereocenters. The van der Waals surface area contributed by atoms with Crippen LogP contribution < -0.4 is 0 Å². The summed E-state index contributed by atoms with van der Waals surface area (Å²) in [4.78, 5) is 10.6. The summed E-state index contributed by atoms with van der Waals surface area (Å²) in [5, 5.41) is -0.933. The van der Waals surface area contributed by atoms with Gasteiger partial charge < -0.3 is 0 Å². The fourth-order valence-corrected chi connectivity index (χ4v) is 1.06. The maximum absolute atomic E-state index is 12.8. The topological polar surface area (TPSA) is 17.1 Å². The summed E-state index contributed by atoms with van der Waals surface area (Å²) >= 11 is 5.06. The Labute approximate surface area is 85.5 Å². The third kappa shape index (κ3) is 2.09. The highest BCUT2D eigenvalue weighted by Crippen LogP contribution is 2.24. The van der Waals surface area contributed by atoms with Gasteiger partial charge in [0.1, 0.15) is 0 Å². The van der Waals surface area contributed by atoms with E-state index < -0.39 is 40.2 Å². The lowest BCUT2D eigenvalue weighted by Gasteiger charge is -2.04. The summed E-state index contributed by atoms with van der Waals surface area (Å²) in [6.45, 7) is 0. The normalized spacial score (nSPS) is 10.9. The SMILES string of the molecule is O=C(c1cc(Cl)c(F)c(F)c1F)C(F)F. The van der Waals surface area contributed by atoms with E-state index in [1.54, 1.807) is 0 Å². The van der Waals surface area contributed by atoms with Gasteiger partial charge in [0.2, 0.25) is 5.78 Å². The van der Waals surface area contributed by atoms with Crippen molar-refractivity contribution in [2.24, 2.45) is 0 Å². The second-order valence-corrected chi connectivity index (χ2v) is 2.92. The maximum Gasteiger partial charge on any atom is 0.300 e. The third-order valence-electron chi connectivity index (χ3n) is 1.57. The van der Waals surface area contributed by atoms with Gasteiger partial charge in [0, 0.05) is 0 Å². The first-order valence-corrected chi connectivity index (χ1v) is 3.89. The second kappa shape index (κ2) is 4.14. The lowest BCUT2D eigenvalue weighted by Crippen LogP contribution is -2.14. The number of rotatable bonds is 2. The number of carbonyl (C=O) groups excluding carboxylic acids is 1. The molecule has 1 rings (SSSR count). The molecule has 0 fully saturated rings. The highest BCUT2D eigenvalue weighted by molar-refractivity contribution is 6.31. The van der Waals surface area contributed by atoms with Gasteiger partial charge in [-0.2, -0.15) is 0 Å². The lowest BCUT2D eigenvalue weighted by molar-refractivity contribution is 0.0673. The van der Waals surface area contributed by atoms with Gasteiger partial charge in [-0.15, -0.1) is 0 Å². The quantitative estimate of drug-likeness (QED) is 0.338. The van der Waals surface area contributed by atoms with Crippen molar-refractivity contribution in [2.45, 2.75) is 6.43 Å². The maximum atomic E-state index is 12.8. The molecule has 0 N–H and O–H groups in total. The van der Waals surface area contributed by atoms with Crippen molar-refractivity contribution >= 4 is 17.4 Å². The van der Waals surface area contributed by atoms with E-state index in [2.05, 4.69) is 0 Å². The van der Waals surface area contributed by atoms with Crippen LogP contribution in [0.1, 0.15) is 10.4 Å². The molecular weight excluding hydrogens is 243 g/mol. The van der Waals surface area contributed by atoms with E-state index in [4.69, 9.17) is 11.6 Å². The standard InChI is InChI=1S/C8H2ClF5O/c9-3-1-2(7(15)8(13)14)4(10)6(12)5(3)11/h1,8H. The smallest absolute Gasteiger partial charge is 0.288 e. The van der Waals surface area contributed by atoms with Crippen molar-refractivity contribution in [2.75, 3.05) is 0 Å². The predicted octanol–water partition coefficient (Wildman–Crippen LogP) is 3.21. The minimum Gasteiger partial charge on any atom is -0.288 e. The summed E-state index contributed by atoms with van der Waals surface area (Å²) in [7, 11) is 0. The molecule has 0 bridgehead atoms. The molecule has 0 amide bonds. The van der Waals surface area contributed by atoms with Gasteiger partial charge in [-0.1, -0.05) is 11.6 Å². The van der Waals surface area contributed by atoms with Crippen molar-refractivity contribution in [1.82, 2.24) is 0 Å². The molecule has 0 aliphatic rings. The van der Waals surface area contributed by atoms with Gasteiger partial charge >= 0.3 is 6.43 Å². The van der Waals surface area contributed by atoms with Gasteiger partial charge in [-0.25, -0.2) is 22.0 Å². The summed E-state index contributed by atoms with van der Waals surface area (Å²) in [6.07, 6.45) is -3.51. The summed E-state index contributed by atoms with van der Waals surface area (Å²) < 4.78 is 61.8. The van der Waals surface area contributed by atoms with Crippen molar-refractivity contribution in [3.63, 3.8) is 0 Å². The Balaban J connectivity index is 3.39. The third-order valence-corrected chi connectivity index (χ3v) is 1.84. The highest BCUT2D eigenvalue weighted by atomic mass is 35.5. The summed E-state index contributed by atoms with van der Waals surface area (Å²) in [6, 6.07) is 0.323. The molecule has 0 aromatic heterocycles. The first-order valence-electron chi connectivity index (χ1n) is 3.51. The first kappa shape index (κ1) is 11.9. The molecule has 0 radical (unpaired) electrons. The van der Waals surface area contributed by atoms with Gasteiger partial charge in [0.15, 0.2) is 17.5 Å². The Hall–Kier alpha value is -1.17. The molecule has 0 saturated heterocycles. The van der Waals surface area contributed by atoms with Crippen molar-refractivity contribution in [3.8, 4) is 0 Å². The molecular formula is C8H2ClF5O. The minimum atomic E-state index is -3.51. The first-order chi connectivity index (χ1) is 6.86. The molecule has 1 nitrogen and oxygen atoms in total. The summed E-state index contributed by atoms with van der Waals surface area (Å²) in [5.41, 5.74) is -1.27. The largest absolute Gasteiger partial charge is 0.300 e. The van der Waals surface area contributed by atoms with E-state index in [9.17, 15) is 26.7 Å². The van der Waals surface area contributed by atoms with Crippen molar-refractivity contribution in [1.29, 1.82) is 0 Å². The zero-order valence-corrected chi connectivity index (χ0v) is 7.59. The Bertz CT molecular complexity index is 418. The second-order valence-electron chi connectivity index (χ2n) is 2.51. The van der Waals surface area contributed by atoms with E-state index in [1.165, 1.54) is 0 Å². The number of alkyl halides is 2. The molecule has 15 heavy (non-hydrogen) atoms. The molecule has 0 aliphatic carbocycles. The van der Waals surface area contributed by atoms with E-state index in [1.807, 2.05) is 0 Å². The van der Waals surface area contributed by atoms with Crippen LogP contribution in [0.3, 0.4) is 0 Å². The lowest BCUT2D eigenvalue weighted by atomic mass is 10.1. The minimum absolute atomic E-state index is 0.323. The molecule has 0 saturated carbocycles. The van der Waals surface area contributed by atoms with Crippen molar-refractivity contribution in [3.05, 3.63) is 34.1 Å². The monoisotopic (exact) mass is 244 g/mol. The van der Waals surface area contributed by atoms with Crippen LogP contribution in [0.25, 0.3) is 0 Å². The van der Waals surface area contributed by atoms with E-state index >= 15 is 0 Å². The zero-order valence-electron chi connectivity index (χ0n) is 6.83. The van der Waals surface area contributed by atoms with Crippen LogP contribution in [0, 0.1) is 17.5 Å². The number of benzene rings is 1. The number of halogens is 6. The van der Waals surface area contributed by atoms with E-state index in [0.717, 1.165) is 0 Å². The highest BCUT2D eigenvalue weighted by Gasteiger charge is 2.26. The fraction of sp³-hybridized carbons (Fsp3) is 0.125. The number of hydrogen-bond acceptors (Lipinski definition) is 1. The van der Waals surface area contributed by atoms with Crippen LogP contribution >= 0.6 is 11.6 Å². The number of Topliss-reactive ketones (excluding diaryl/α,β-unsaturated/α-hetero) is 1. The number of carbonyl (C=O) groups is 1. The van der Waals surface area contributed by atoms with Gasteiger partial charge in [0.05, 0.1) is 10.6 Å². The molecule has 0 unspecified atom stereocenters. The Morgan fingerprint density at radius 3 is 2.13 bits per heavy atom. The number of hydrogen-bond donors (Lipinski definition) is 0. The van der Waals surface area contributed by atoms with Crippen LogP contribution in [0.15, 0.2) is 6.07 Å². The van der Waals surface area contributed by atoms with E-state index in [-0.39, 0.29) is 0 Å². The van der Waals surface area contributed by atoms with Crippen LogP contribution in [-0.2, 0) is 0 Å². The molecule has 0 heterocycles. The van der Waals surface area contributed by atoms with Crippen LogP contribution in [-0.4, -0.2) is 12.2 Å². The molecule has 7 heteroatoms. The average Bonchev–Trinajstić information content (AvgIpc) is 2.19. The Kier molecular flexibility index (Phi) is 3.28. The molecule has 1 aromatic rings. The number of ketones is 1. The molecule has 0 aliphatic heterocycles. The predicted molar refractivity (Wildman–Crippen MR) is 41.7 cm³/mol. The zero-order chi connectivity index (χ0) is 11.7.